The highest BCUT2D eigenvalue weighted by Gasteiger charge is 2.26. The number of anilines is 1. The van der Waals surface area contributed by atoms with E-state index in [9.17, 15) is 4.79 Å². The number of amides is 1. The van der Waals surface area contributed by atoms with Crippen LogP contribution in [0.2, 0.25) is 0 Å². The third kappa shape index (κ3) is 3.05. The molecule has 1 aromatic carbocycles. The van der Waals surface area contributed by atoms with Crippen LogP contribution in [0.15, 0.2) is 18.2 Å². The number of benzene rings is 1. The Morgan fingerprint density at radius 2 is 2.26 bits per heavy atom. The molecule has 1 amide bonds. The molecular weight excluding hydrogens is 282 g/mol. The first kappa shape index (κ1) is 14.2. The van der Waals surface area contributed by atoms with Crippen molar-refractivity contribution >= 4 is 45.6 Å². The summed E-state index contributed by atoms with van der Waals surface area (Å²) in [6.07, 6.45) is 2.52. The van der Waals surface area contributed by atoms with Crippen molar-refractivity contribution in [3.8, 4) is 0 Å². The van der Waals surface area contributed by atoms with Crippen LogP contribution in [0.25, 0.3) is 10.2 Å². The smallest absolute Gasteiger partial charge is 0.240 e. The zero-order valence-corrected chi connectivity index (χ0v) is 12.2. The predicted octanol–water partition coefficient (Wildman–Crippen LogP) is 2.88. The molecule has 0 aliphatic heterocycles. The van der Waals surface area contributed by atoms with Gasteiger partial charge >= 0.3 is 0 Å². The molecule has 3 N–H and O–H groups in total. The van der Waals surface area contributed by atoms with Gasteiger partial charge in [-0.25, -0.2) is 4.98 Å². The van der Waals surface area contributed by atoms with Gasteiger partial charge in [0.05, 0.1) is 21.3 Å². The van der Waals surface area contributed by atoms with E-state index in [2.05, 4.69) is 10.3 Å². The summed E-state index contributed by atoms with van der Waals surface area (Å²) in [4.78, 5) is 16.1. The van der Waals surface area contributed by atoms with Gasteiger partial charge in [0.2, 0.25) is 5.91 Å². The number of hydrogen-bond acceptors (Lipinski definition) is 4. The van der Waals surface area contributed by atoms with Gasteiger partial charge in [0.15, 0.2) is 0 Å². The van der Waals surface area contributed by atoms with E-state index in [1.54, 1.807) is 18.3 Å². The number of aromatic nitrogens is 1. The predicted molar refractivity (Wildman–Crippen MR) is 81.1 cm³/mol. The molecule has 102 valence electrons. The van der Waals surface area contributed by atoms with E-state index in [1.807, 2.05) is 18.2 Å². The highest BCUT2D eigenvalue weighted by Crippen LogP contribution is 2.43. The highest BCUT2D eigenvalue weighted by atomic mass is 35.5. The standard InChI is InChI=1S/C13H15N3OS.ClH/c1-7(14)12(17)15-9-4-5-10-11(6-9)18-13(16-10)8-2-3-8;/h4-8H,2-3,14H2,1H3,(H,15,17);1H/t7-;/m0./s1. The molecule has 0 saturated heterocycles. The number of fused-ring (bicyclic) bond motifs is 1. The minimum Gasteiger partial charge on any atom is -0.325 e. The molecule has 1 aliphatic carbocycles. The van der Waals surface area contributed by atoms with E-state index in [1.165, 1.54) is 17.8 Å². The van der Waals surface area contributed by atoms with Crippen molar-refractivity contribution in [2.45, 2.75) is 31.7 Å². The van der Waals surface area contributed by atoms with Crippen LogP contribution in [0.5, 0.6) is 0 Å². The average molecular weight is 298 g/mol. The van der Waals surface area contributed by atoms with Crippen molar-refractivity contribution in [1.82, 2.24) is 4.98 Å². The van der Waals surface area contributed by atoms with E-state index in [-0.39, 0.29) is 18.3 Å². The fourth-order valence-electron chi connectivity index (χ4n) is 1.78. The molecule has 3 rings (SSSR count). The molecule has 6 heteroatoms. The molecule has 0 spiro atoms. The minimum absolute atomic E-state index is 0. The fraction of sp³-hybridized carbons (Fsp3) is 0.385. The van der Waals surface area contributed by atoms with Gasteiger partial charge in [0, 0.05) is 11.6 Å². The van der Waals surface area contributed by atoms with Crippen LogP contribution in [0, 0.1) is 0 Å². The Hall–Kier alpha value is -1.17. The first-order valence-electron chi connectivity index (χ1n) is 6.10. The summed E-state index contributed by atoms with van der Waals surface area (Å²) >= 11 is 1.72. The van der Waals surface area contributed by atoms with Gasteiger partial charge in [-0.1, -0.05) is 0 Å². The first-order valence-corrected chi connectivity index (χ1v) is 6.92. The van der Waals surface area contributed by atoms with Crippen LogP contribution in [-0.2, 0) is 4.79 Å². The molecule has 1 fully saturated rings. The molecule has 19 heavy (non-hydrogen) atoms. The molecule has 0 unspecified atom stereocenters. The lowest BCUT2D eigenvalue weighted by Gasteiger charge is -2.07. The number of carbonyl (C=O) groups is 1. The molecule has 1 aliphatic rings. The highest BCUT2D eigenvalue weighted by molar-refractivity contribution is 7.18. The second kappa shape index (κ2) is 5.45. The topological polar surface area (TPSA) is 68.0 Å². The van der Waals surface area contributed by atoms with Crippen LogP contribution >= 0.6 is 23.7 Å². The summed E-state index contributed by atoms with van der Waals surface area (Å²) in [6.45, 7) is 1.67. The number of nitrogens with one attached hydrogen (secondary N) is 1. The van der Waals surface area contributed by atoms with Crippen molar-refractivity contribution < 1.29 is 4.79 Å². The van der Waals surface area contributed by atoms with E-state index in [4.69, 9.17) is 5.73 Å². The van der Waals surface area contributed by atoms with E-state index in [0.29, 0.717) is 5.92 Å². The molecule has 1 heterocycles. The van der Waals surface area contributed by atoms with Gasteiger partial charge < -0.3 is 11.1 Å². The Kier molecular flexibility index (Phi) is 4.08. The SMILES string of the molecule is C[C@H](N)C(=O)Nc1ccc2nc(C3CC3)sc2c1.Cl. The lowest BCUT2D eigenvalue weighted by Crippen LogP contribution is -2.32. The van der Waals surface area contributed by atoms with Crippen LogP contribution in [-0.4, -0.2) is 16.9 Å². The summed E-state index contributed by atoms with van der Waals surface area (Å²) in [5.41, 5.74) is 7.33. The Balaban J connectivity index is 0.00000133. The summed E-state index contributed by atoms with van der Waals surface area (Å²) in [7, 11) is 0. The first-order chi connectivity index (χ1) is 8.63. The van der Waals surface area contributed by atoms with Crippen molar-refractivity contribution in [1.29, 1.82) is 0 Å². The van der Waals surface area contributed by atoms with E-state index in [0.717, 1.165) is 15.9 Å². The number of thiazole rings is 1. The van der Waals surface area contributed by atoms with E-state index < -0.39 is 6.04 Å². The number of nitrogens with two attached hydrogens (primary N) is 1. The molecule has 1 aromatic heterocycles. The molecule has 0 radical (unpaired) electrons. The van der Waals surface area contributed by atoms with Gasteiger partial charge in [-0.3, -0.25) is 4.79 Å². The third-order valence-corrected chi connectivity index (χ3v) is 4.19. The largest absolute Gasteiger partial charge is 0.325 e. The summed E-state index contributed by atoms with van der Waals surface area (Å²) in [5.74, 6) is 0.505. The van der Waals surface area contributed by atoms with E-state index >= 15 is 0 Å². The van der Waals surface area contributed by atoms with Crippen LogP contribution in [0.4, 0.5) is 5.69 Å². The monoisotopic (exact) mass is 297 g/mol. The van der Waals surface area contributed by atoms with Crippen LogP contribution < -0.4 is 11.1 Å². The average Bonchev–Trinajstić information content (AvgIpc) is 3.09. The van der Waals surface area contributed by atoms with Gasteiger partial charge in [-0.2, -0.15) is 0 Å². The maximum absolute atomic E-state index is 11.5. The zero-order valence-electron chi connectivity index (χ0n) is 10.6. The Labute approximate surface area is 121 Å². The number of hydrogen-bond donors (Lipinski definition) is 2. The van der Waals surface area contributed by atoms with Gasteiger partial charge in [0.25, 0.3) is 0 Å². The normalized spacial score (nSPS) is 15.9. The van der Waals surface area contributed by atoms with Crippen LogP contribution in [0.1, 0.15) is 30.7 Å². The zero-order chi connectivity index (χ0) is 12.7. The lowest BCUT2D eigenvalue weighted by molar-refractivity contribution is -0.117. The maximum Gasteiger partial charge on any atom is 0.240 e. The minimum atomic E-state index is -0.496. The van der Waals surface area contributed by atoms with Crippen molar-refractivity contribution in [2.75, 3.05) is 5.32 Å². The van der Waals surface area contributed by atoms with Gasteiger partial charge in [0.1, 0.15) is 0 Å². The van der Waals surface area contributed by atoms with Crippen LogP contribution in [0.3, 0.4) is 0 Å². The van der Waals surface area contributed by atoms with Gasteiger partial charge in [-0.15, -0.1) is 23.7 Å². The lowest BCUT2D eigenvalue weighted by atomic mass is 10.2. The summed E-state index contributed by atoms with van der Waals surface area (Å²) in [5, 5.41) is 4.03. The second-order valence-corrected chi connectivity index (χ2v) is 5.85. The quantitative estimate of drug-likeness (QED) is 0.915. The fourth-order valence-corrected chi connectivity index (χ4v) is 2.96. The number of rotatable bonds is 3. The second-order valence-electron chi connectivity index (χ2n) is 4.79. The molecular formula is C13H16ClN3OS. The number of carbonyl (C=O) groups excluding carboxylic acids is 1. The Morgan fingerprint density at radius 3 is 2.89 bits per heavy atom. The molecule has 1 atom stereocenters. The molecule has 1 saturated carbocycles. The third-order valence-electron chi connectivity index (χ3n) is 3.01. The molecule has 0 bridgehead atoms. The molecule has 4 nitrogen and oxygen atoms in total. The maximum atomic E-state index is 11.5. The number of nitrogens with zero attached hydrogens (tertiary/aromatic N) is 1. The van der Waals surface area contributed by atoms with Gasteiger partial charge in [-0.05, 0) is 38.0 Å². The Morgan fingerprint density at radius 1 is 1.53 bits per heavy atom. The Bertz CT molecular complexity index is 607. The van der Waals surface area contributed by atoms with Crippen molar-refractivity contribution in [2.24, 2.45) is 5.73 Å². The number of halogens is 1. The van der Waals surface area contributed by atoms with Crippen molar-refractivity contribution in [3.05, 3.63) is 23.2 Å². The van der Waals surface area contributed by atoms with Crippen molar-refractivity contribution in [3.63, 3.8) is 0 Å². The molecule has 2 aromatic rings. The summed E-state index contributed by atoms with van der Waals surface area (Å²) in [6, 6.07) is 5.30. The summed E-state index contributed by atoms with van der Waals surface area (Å²) < 4.78 is 1.12.